The Morgan fingerprint density at radius 2 is 2.07 bits per heavy atom. The summed E-state index contributed by atoms with van der Waals surface area (Å²) in [5, 5.41) is 28.4. The maximum Gasteiger partial charge on any atom is 0.404 e. The molecule has 0 heterocycles. The van der Waals surface area contributed by atoms with Crippen LogP contribution in [0.4, 0.5) is 4.79 Å². The number of aliphatic hydroxyl groups is 2. The first-order valence-corrected chi connectivity index (χ1v) is 4.46. The molecular formula is C9H17NO4. The van der Waals surface area contributed by atoms with Gasteiger partial charge in [-0.1, -0.05) is 6.08 Å². The molecule has 0 bridgehead atoms. The van der Waals surface area contributed by atoms with Crippen molar-refractivity contribution in [2.24, 2.45) is 5.92 Å². The summed E-state index contributed by atoms with van der Waals surface area (Å²) in [6, 6.07) is -0.524. The van der Waals surface area contributed by atoms with Crippen LogP contribution < -0.4 is 5.32 Å². The third-order valence-corrected chi connectivity index (χ3v) is 1.92. The molecule has 0 radical (unpaired) electrons. The van der Waals surface area contributed by atoms with Crippen LogP contribution in [0.2, 0.25) is 0 Å². The number of aliphatic hydroxyl groups excluding tert-OH is 2. The van der Waals surface area contributed by atoms with Gasteiger partial charge in [0, 0.05) is 6.61 Å². The molecule has 82 valence electrons. The van der Waals surface area contributed by atoms with Crippen LogP contribution in [0.5, 0.6) is 0 Å². The van der Waals surface area contributed by atoms with E-state index in [-0.39, 0.29) is 19.1 Å². The van der Waals surface area contributed by atoms with E-state index in [2.05, 4.69) is 11.9 Å². The van der Waals surface area contributed by atoms with Crippen molar-refractivity contribution in [2.45, 2.75) is 18.9 Å². The molecule has 5 nitrogen and oxygen atoms in total. The predicted molar refractivity (Wildman–Crippen MR) is 52.0 cm³/mol. The minimum Gasteiger partial charge on any atom is -0.465 e. The standard InChI is InChI=1S/C9H17NO4/c1-2-3-7(5-11)4-8(6-12)10-9(13)14/h2,7-8,10-12H,1,3-6H2,(H,13,14)/t7-,8-/m0/s1. The Kier molecular flexibility index (Phi) is 6.78. The fourth-order valence-electron chi connectivity index (χ4n) is 1.24. The van der Waals surface area contributed by atoms with Crippen molar-refractivity contribution in [3.63, 3.8) is 0 Å². The van der Waals surface area contributed by atoms with Crippen LogP contribution >= 0.6 is 0 Å². The molecule has 0 aliphatic carbocycles. The molecule has 0 unspecified atom stereocenters. The number of hydrogen-bond acceptors (Lipinski definition) is 3. The molecular weight excluding hydrogens is 186 g/mol. The number of allylic oxidation sites excluding steroid dienone is 1. The first-order chi connectivity index (χ1) is 6.63. The highest BCUT2D eigenvalue weighted by molar-refractivity contribution is 5.64. The van der Waals surface area contributed by atoms with Crippen molar-refractivity contribution in [3.8, 4) is 0 Å². The Labute approximate surface area is 83.1 Å². The minimum absolute atomic E-state index is 0.0379. The van der Waals surface area contributed by atoms with E-state index in [4.69, 9.17) is 15.3 Å². The maximum atomic E-state index is 10.3. The monoisotopic (exact) mass is 203 g/mol. The molecule has 14 heavy (non-hydrogen) atoms. The van der Waals surface area contributed by atoms with Crippen LogP contribution in [0.3, 0.4) is 0 Å². The molecule has 5 heteroatoms. The normalized spacial score (nSPS) is 14.4. The van der Waals surface area contributed by atoms with Crippen molar-refractivity contribution < 1.29 is 20.1 Å². The van der Waals surface area contributed by atoms with Crippen LogP contribution in [0, 0.1) is 5.92 Å². The summed E-state index contributed by atoms with van der Waals surface area (Å²) < 4.78 is 0. The van der Waals surface area contributed by atoms with Crippen LogP contribution in [0.25, 0.3) is 0 Å². The SMILES string of the molecule is C=CC[C@H](CO)C[C@@H](CO)NC(=O)O. The highest BCUT2D eigenvalue weighted by atomic mass is 16.4. The molecule has 1 amide bonds. The lowest BCUT2D eigenvalue weighted by Crippen LogP contribution is -2.38. The van der Waals surface area contributed by atoms with Gasteiger partial charge in [-0.15, -0.1) is 6.58 Å². The zero-order valence-corrected chi connectivity index (χ0v) is 8.02. The fraction of sp³-hybridized carbons (Fsp3) is 0.667. The number of rotatable bonds is 7. The van der Waals surface area contributed by atoms with E-state index in [0.717, 1.165) is 0 Å². The van der Waals surface area contributed by atoms with Gasteiger partial charge in [-0.2, -0.15) is 0 Å². The van der Waals surface area contributed by atoms with Gasteiger partial charge < -0.3 is 20.6 Å². The molecule has 0 saturated carbocycles. The molecule has 0 aromatic rings. The zero-order valence-electron chi connectivity index (χ0n) is 8.02. The lowest BCUT2D eigenvalue weighted by Gasteiger charge is -2.19. The molecule has 0 aliphatic rings. The quantitative estimate of drug-likeness (QED) is 0.445. The number of nitrogens with one attached hydrogen (secondary N) is 1. The third kappa shape index (κ3) is 5.55. The lowest BCUT2D eigenvalue weighted by atomic mass is 9.98. The zero-order chi connectivity index (χ0) is 11.0. The number of hydrogen-bond donors (Lipinski definition) is 4. The van der Waals surface area contributed by atoms with Crippen molar-refractivity contribution >= 4 is 6.09 Å². The van der Waals surface area contributed by atoms with Crippen molar-refractivity contribution in [1.29, 1.82) is 0 Å². The average molecular weight is 203 g/mol. The molecule has 0 fully saturated rings. The van der Waals surface area contributed by atoms with Crippen molar-refractivity contribution in [3.05, 3.63) is 12.7 Å². The summed E-state index contributed by atoms with van der Waals surface area (Å²) in [4.78, 5) is 10.3. The summed E-state index contributed by atoms with van der Waals surface area (Å²) in [5.74, 6) is -0.0588. The first-order valence-electron chi connectivity index (χ1n) is 4.46. The predicted octanol–water partition coefficient (Wildman–Crippen LogP) is 0.190. The van der Waals surface area contributed by atoms with Gasteiger partial charge in [0.05, 0.1) is 12.6 Å². The van der Waals surface area contributed by atoms with Crippen molar-refractivity contribution in [2.75, 3.05) is 13.2 Å². The molecule has 0 spiro atoms. The summed E-state index contributed by atoms with van der Waals surface area (Å²) in [6.45, 7) is 3.23. The third-order valence-electron chi connectivity index (χ3n) is 1.92. The highest BCUT2D eigenvalue weighted by Crippen LogP contribution is 2.11. The molecule has 0 saturated heterocycles. The first kappa shape index (κ1) is 12.9. The highest BCUT2D eigenvalue weighted by Gasteiger charge is 2.15. The Balaban J connectivity index is 3.99. The summed E-state index contributed by atoms with van der Waals surface area (Å²) >= 11 is 0. The van der Waals surface area contributed by atoms with E-state index < -0.39 is 12.1 Å². The second-order valence-corrected chi connectivity index (χ2v) is 3.14. The molecule has 0 rings (SSSR count). The lowest BCUT2D eigenvalue weighted by molar-refractivity contribution is 0.156. The van der Waals surface area contributed by atoms with Gasteiger partial charge in [0.2, 0.25) is 0 Å². The topological polar surface area (TPSA) is 89.8 Å². The summed E-state index contributed by atoms with van der Waals surface area (Å²) in [7, 11) is 0. The van der Waals surface area contributed by atoms with Gasteiger partial charge in [-0.05, 0) is 18.8 Å². The van der Waals surface area contributed by atoms with Crippen LogP contribution in [0.1, 0.15) is 12.8 Å². The molecule has 0 aromatic heterocycles. The van der Waals surface area contributed by atoms with Gasteiger partial charge in [-0.25, -0.2) is 4.79 Å². The fourth-order valence-corrected chi connectivity index (χ4v) is 1.24. The van der Waals surface area contributed by atoms with Gasteiger partial charge in [0.15, 0.2) is 0 Å². The Bertz CT molecular complexity index is 184. The van der Waals surface area contributed by atoms with Crippen molar-refractivity contribution in [1.82, 2.24) is 5.32 Å². The van der Waals surface area contributed by atoms with Gasteiger partial charge >= 0.3 is 6.09 Å². The Morgan fingerprint density at radius 3 is 2.43 bits per heavy atom. The molecule has 4 N–H and O–H groups in total. The van der Waals surface area contributed by atoms with E-state index in [1.54, 1.807) is 6.08 Å². The van der Waals surface area contributed by atoms with E-state index in [1.165, 1.54) is 0 Å². The van der Waals surface area contributed by atoms with Crippen LogP contribution in [-0.2, 0) is 0 Å². The Hall–Kier alpha value is -1.07. The van der Waals surface area contributed by atoms with E-state index in [9.17, 15) is 4.79 Å². The second-order valence-electron chi connectivity index (χ2n) is 3.14. The van der Waals surface area contributed by atoms with E-state index >= 15 is 0 Å². The largest absolute Gasteiger partial charge is 0.465 e. The second kappa shape index (κ2) is 7.34. The van der Waals surface area contributed by atoms with Gasteiger partial charge in [0.1, 0.15) is 0 Å². The summed E-state index contributed by atoms with van der Waals surface area (Å²) in [6.07, 6.45) is 1.51. The number of carbonyl (C=O) groups is 1. The maximum absolute atomic E-state index is 10.3. The summed E-state index contributed by atoms with van der Waals surface area (Å²) in [5.41, 5.74) is 0. The van der Waals surface area contributed by atoms with Crippen LogP contribution in [-0.4, -0.2) is 40.7 Å². The van der Waals surface area contributed by atoms with E-state index in [0.29, 0.717) is 12.8 Å². The Morgan fingerprint density at radius 1 is 1.43 bits per heavy atom. The minimum atomic E-state index is -1.17. The average Bonchev–Trinajstić information content (AvgIpc) is 2.15. The number of amides is 1. The molecule has 0 aliphatic heterocycles. The number of carboxylic acid groups (broad SMARTS) is 1. The molecule has 0 aromatic carbocycles. The molecule has 2 atom stereocenters. The smallest absolute Gasteiger partial charge is 0.404 e. The van der Waals surface area contributed by atoms with Gasteiger partial charge in [0.25, 0.3) is 0 Å². The van der Waals surface area contributed by atoms with Crippen LogP contribution in [0.15, 0.2) is 12.7 Å². The van der Waals surface area contributed by atoms with E-state index in [1.807, 2.05) is 0 Å². The van der Waals surface area contributed by atoms with Gasteiger partial charge in [-0.3, -0.25) is 0 Å².